The van der Waals surface area contributed by atoms with Gasteiger partial charge in [0.25, 0.3) is 0 Å². The van der Waals surface area contributed by atoms with E-state index < -0.39 is 0 Å². The largest absolute Gasteiger partial charge is 0.462 e. The fourth-order valence-corrected chi connectivity index (χ4v) is 1.92. The van der Waals surface area contributed by atoms with Gasteiger partial charge >= 0.3 is 5.97 Å². The predicted octanol–water partition coefficient (Wildman–Crippen LogP) is 1.49. The van der Waals surface area contributed by atoms with E-state index >= 15 is 0 Å². The van der Waals surface area contributed by atoms with Gasteiger partial charge in [0.1, 0.15) is 0 Å². The Bertz CT molecular complexity index is 420. The van der Waals surface area contributed by atoms with Crippen molar-refractivity contribution < 1.29 is 14.3 Å². The summed E-state index contributed by atoms with van der Waals surface area (Å²) in [5, 5.41) is 2.75. The Hall–Kier alpha value is -1.53. The van der Waals surface area contributed by atoms with Crippen LogP contribution >= 0.6 is 11.8 Å². The van der Waals surface area contributed by atoms with Gasteiger partial charge in [-0.15, -0.1) is 0 Å². The van der Waals surface area contributed by atoms with Crippen molar-refractivity contribution in [2.24, 2.45) is 5.73 Å². The van der Waals surface area contributed by atoms with Crippen LogP contribution in [0.1, 0.15) is 17.3 Å². The summed E-state index contributed by atoms with van der Waals surface area (Å²) in [6.45, 7) is 2.66. The quantitative estimate of drug-likeness (QED) is 0.585. The first kappa shape index (κ1) is 15.5. The Morgan fingerprint density at radius 3 is 2.58 bits per heavy atom. The molecular weight excluding hydrogens is 264 g/mol. The summed E-state index contributed by atoms with van der Waals surface area (Å²) in [6, 6.07) is 6.61. The van der Waals surface area contributed by atoms with Gasteiger partial charge in [-0.05, 0) is 31.2 Å². The molecule has 19 heavy (non-hydrogen) atoms. The maximum atomic E-state index is 11.5. The lowest BCUT2D eigenvalue weighted by Crippen LogP contribution is -2.15. The fraction of sp³-hybridized carbons (Fsp3) is 0.385. The molecule has 0 aromatic heterocycles. The molecule has 0 spiro atoms. The van der Waals surface area contributed by atoms with E-state index in [1.54, 1.807) is 31.2 Å². The minimum Gasteiger partial charge on any atom is -0.462 e. The highest BCUT2D eigenvalue weighted by atomic mass is 32.2. The number of carbonyl (C=O) groups is 2. The maximum absolute atomic E-state index is 11.5. The zero-order valence-corrected chi connectivity index (χ0v) is 11.7. The monoisotopic (exact) mass is 282 g/mol. The van der Waals surface area contributed by atoms with Crippen LogP contribution in [0.15, 0.2) is 24.3 Å². The molecule has 0 radical (unpaired) electrons. The first-order valence-corrected chi connectivity index (χ1v) is 7.17. The standard InChI is InChI=1S/C13H18N2O3S/c1-2-18-13(17)10-3-5-11(6-4-10)15-12(16)9-19-8-7-14/h3-6H,2,7-9,14H2,1H3,(H,15,16). The molecule has 0 saturated carbocycles. The van der Waals surface area contributed by atoms with Crippen LogP contribution in [0.3, 0.4) is 0 Å². The molecule has 0 saturated heterocycles. The van der Waals surface area contributed by atoms with Gasteiger partial charge in [0.2, 0.25) is 5.91 Å². The number of hydrogen-bond donors (Lipinski definition) is 2. The number of nitrogens with two attached hydrogens (primary N) is 1. The summed E-state index contributed by atoms with van der Waals surface area (Å²) >= 11 is 1.48. The molecule has 3 N–H and O–H groups in total. The number of nitrogens with one attached hydrogen (secondary N) is 1. The SMILES string of the molecule is CCOC(=O)c1ccc(NC(=O)CSCCN)cc1. The van der Waals surface area contributed by atoms with Crippen molar-refractivity contribution in [1.82, 2.24) is 0 Å². The number of rotatable bonds is 7. The van der Waals surface area contributed by atoms with Crippen LogP contribution in [-0.2, 0) is 9.53 Å². The molecule has 0 atom stereocenters. The number of thioether (sulfide) groups is 1. The molecular formula is C13H18N2O3S. The highest BCUT2D eigenvalue weighted by molar-refractivity contribution is 7.99. The van der Waals surface area contributed by atoms with Crippen LogP contribution < -0.4 is 11.1 Å². The van der Waals surface area contributed by atoms with Gasteiger partial charge in [-0.25, -0.2) is 4.79 Å². The third-order valence-corrected chi connectivity index (χ3v) is 3.17. The highest BCUT2D eigenvalue weighted by Gasteiger charge is 2.07. The molecule has 0 bridgehead atoms. The van der Waals surface area contributed by atoms with Gasteiger partial charge in [0.05, 0.1) is 17.9 Å². The molecule has 1 rings (SSSR count). The lowest BCUT2D eigenvalue weighted by Gasteiger charge is -2.06. The maximum Gasteiger partial charge on any atom is 0.338 e. The van der Waals surface area contributed by atoms with E-state index in [1.807, 2.05) is 0 Å². The number of ether oxygens (including phenoxy) is 1. The molecule has 0 aliphatic carbocycles. The van der Waals surface area contributed by atoms with E-state index in [1.165, 1.54) is 11.8 Å². The highest BCUT2D eigenvalue weighted by Crippen LogP contribution is 2.11. The van der Waals surface area contributed by atoms with Crippen LogP contribution in [0.5, 0.6) is 0 Å². The van der Waals surface area contributed by atoms with E-state index in [4.69, 9.17) is 10.5 Å². The molecule has 6 heteroatoms. The van der Waals surface area contributed by atoms with Crippen molar-refractivity contribution >= 4 is 29.3 Å². The van der Waals surface area contributed by atoms with Crippen LogP contribution in [0.2, 0.25) is 0 Å². The molecule has 5 nitrogen and oxygen atoms in total. The summed E-state index contributed by atoms with van der Waals surface area (Å²) in [5.74, 6) is 0.688. The number of carbonyl (C=O) groups excluding carboxylic acids is 2. The average molecular weight is 282 g/mol. The topological polar surface area (TPSA) is 81.4 Å². The Labute approximate surface area is 116 Å². The van der Waals surface area contributed by atoms with Gasteiger partial charge < -0.3 is 15.8 Å². The zero-order valence-electron chi connectivity index (χ0n) is 10.8. The van der Waals surface area contributed by atoms with E-state index in [9.17, 15) is 9.59 Å². The molecule has 104 valence electrons. The third kappa shape index (κ3) is 5.76. The molecule has 1 aromatic rings. The van der Waals surface area contributed by atoms with Crippen molar-refractivity contribution in [2.45, 2.75) is 6.92 Å². The van der Waals surface area contributed by atoms with Gasteiger partial charge in [-0.2, -0.15) is 11.8 Å². The van der Waals surface area contributed by atoms with Crippen LogP contribution in [0.4, 0.5) is 5.69 Å². The summed E-state index contributed by atoms with van der Waals surface area (Å²) in [5.41, 5.74) is 6.47. The molecule has 0 heterocycles. The lowest BCUT2D eigenvalue weighted by molar-refractivity contribution is -0.113. The number of esters is 1. The first-order chi connectivity index (χ1) is 9.17. The van der Waals surface area contributed by atoms with Crippen LogP contribution in [-0.4, -0.2) is 36.5 Å². The van der Waals surface area contributed by atoms with Crippen molar-refractivity contribution in [2.75, 3.05) is 30.0 Å². The Kier molecular flexibility index (Phi) is 6.99. The molecule has 1 amide bonds. The second kappa shape index (κ2) is 8.55. The van der Waals surface area contributed by atoms with Crippen molar-refractivity contribution in [3.05, 3.63) is 29.8 Å². The minimum atomic E-state index is -0.362. The molecule has 0 unspecified atom stereocenters. The Balaban J connectivity index is 2.47. The summed E-state index contributed by atoms with van der Waals surface area (Å²) in [7, 11) is 0. The lowest BCUT2D eigenvalue weighted by atomic mass is 10.2. The van der Waals surface area contributed by atoms with E-state index in [-0.39, 0.29) is 11.9 Å². The summed E-state index contributed by atoms with van der Waals surface area (Å²) in [4.78, 5) is 23.0. The van der Waals surface area contributed by atoms with Gasteiger partial charge in [-0.1, -0.05) is 0 Å². The second-order valence-electron chi connectivity index (χ2n) is 3.69. The number of anilines is 1. The molecule has 0 aliphatic heterocycles. The molecule has 1 aromatic carbocycles. The first-order valence-electron chi connectivity index (χ1n) is 6.02. The average Bonchev–Trinajstić information content (AvgIpc) is 2.40. The second-order valence-corrected chi connectivity index (χ2v) is 4.79. The zero-order chi connectivity index (χ0) is 14.1. The normalized spacial score (nSPS) is 10.0. The van der Waals surface area contributed by atoms with Crippen molar-refractivity contribution in [3.8, 4) is 0 Å². The summed E-state index contributed by atoms with van der Waals surface area (Å²) in [6.07, 6.45) is 0. The van der Waals surface area contributed by atoms with Crippen LogP contribution in [0, 0.1) is 0 Å². The number of amides is 1. The fourth-order valence-electron chi connectivity index (χ4n) is 1.35. The molecule has 0 fully saturated rings. The van der Waals surface area contributed by atoms with E-state index in [0.29, 0.717) is 30.2 Å². The van der Waals surface area contributed by atoms with Gasteiger partial charge in [0, 0.05) is 18.0 Å². The van der Waals surface area contributed by atoms with Gasteiger partial charge in [-0.3, -0.25) is 4.79 Å². The van der Waals surface area contributed by atoms with E-state index in [2.05, 4.69) is 5.32 Å². The van der Waals surface area contributed by atoms with Gasteiger partial charge in [0.15, 0.2) is 0 Å². The number of benzene rings is 1. The minimum absolute atomic E-state index is 0.0812. The van der Waals surface area contributed by atoms with Crippen molar-refractivity contribution in [3.63, 3.8) is 0 Å². The smallest absolute Gasteiger partial charge is 0.338 e. The Morgan fingerprint density at radius 1 is 1.32 bits per heavy atom. The van der Waals surface area contributed by atoms with Crippen molar-refractivity contribution in [1.29, 1.82) is 0 Å². The Morgan fingerprint density at radius 2 is 2.00 bits per heavy atom. The van der Waals surface area contributed by atoms with Crippen LogP contribution in [0.25, 0.3) is 0 Å². The molecule has 0 aliphatic rings. The third-order valence-electron chi connectivity index (χ3n) is 2.18. The summed E-state index contributed by atoms with van der Waals surface area (Å²) < 4.78 is 4.87. The van der Waals surface area contributed by atoms with E-state index in [0.717, 1.165) is 5.75 Å². The predicted molar refractivity (Wildman–Crippen MR) is 77.4 cm³/mol. The number of hydrogen-bond acceptors (Lipinski definition) is 5.